The number of aromatic nitrogens is 3. The predicted octanol–water partition coefficient (Wildman–Crippen LogP) is 2.74. The smallest absolute Gasteiger partial charge is 0.259 e. The van der Waals surface area contributed by atoms with E-state index in [0.717, 1.165) is 37.2 Å². The van der Waals surface area contributed by atoms with Gasteiger partial charge < -0.3 is 15.2 Å². The summed E-state index contributed by atoms with van der Waals surface area (Å²) in [5.41, 5.74) is 2.61. The van der Waals surface area contributed by atoms with Gasteiger partial charge in [0.25, 0.3) is 11.5 Å². The lowest BCUT2D eigenvalue weighted by Crippen LogP contribution is -2.30. The zero-order valence-corrected chi connectivity index (χ0v) is 17.4. The Kier molecular flexibility index (Phi) is 6.39. The first-order valence-electron chi connectivity index (χ1n) is 9.70. The molecule has 1 atom stereocenters. The lowest BCUT2D eigenvalue weighted by Gasteiger charge is -2.25. The van der Waals surface area contributed by atoms with Crippen LogP contribution in [0, 0.1) is 0 Å². The molecule has 7 nitrogen and oxygen atoms in total. The third-order valence-corrected chi connectivity index (χ3v) is 5.71. The quantitative estimate of drug-likeness (QED) is 0.686. The highest BCUT2D eigenvalue weighted by atomic mass is 35.5. The van der Waals surface area contributed by atoms with Crippen LogP contribution in [0.25, 0.3) is 5.65 Å². The predicted molar refractivity (Wildman–Crippen MR) is 115 cm³/mol. The largest absolute Gasteiger partial charge is 0.335 e. The number of hydrogen-bond donors (Lipinski definition) is 2. The van der Waals surface area contributed by atoms with Gasteiger partial charge in [-0.1, -0.05) is 30.3 Å². The number of amides is 1. The summed E-state index contributed by atoms with van der Waals surface area (Å²) in [5.74, 6) is 0.0966. The number of aromatic amines is 1. The number of nitrogens with zero attached hydrogens (tertiary/aromatic N) is 3. The van der Waals surface area contributed by atoms with E-state index in [4.69, 9.17) is 0 Å². The molecule has 0 radical (unpaired) electrons. The minimum absolute atomic E-state index is 0. The van der Waals surface area contributed by atoms with Gasteiger partial charge in [0.05, 0.1) is 17.9 Å². The van der Waals surface area contributed by atoms with Crippen LogP contribution in [0.2, 0.25) is 0 Å². The van der Waals surface area contributed by atoms with E-state index >= 15 is 0 Å². The third-order valence-electron chi connectivity index (χ3n) is 5.71. The first kappa shape index (κ1) is 21.1. The van der Waals surface area contributed by atoms with Crippen LogP contribution in [-0.2, 0) is 0 Å². The van der Waals surface area contributed by atoms with Gasteiger partial charge in [0.1, 0.15) is 11.2 Å². The Morgan fingerprint density at radius 3 is 2.62 bits per heavy atom. The van der Waals surface area contributed by atoms with Crippen LogP contribution in [0.4, 0.5) is 0 Å². The fourth-order valence-corrected chi connectivity index (χ4v) is 3.90. The molecule has 0 spiro atoms. The number of hydrogen-bond acceptors (Lipinski definition) is 4. The summed E-state index contributed by atoms with van der Waals surface area (Å²) in [6, 6.07) is 11.4. The number of carbonyl (C=O) groups is 1. The molecule has 3 heterocycles. The van der Waals surface area contributed by atoms with E-state index in [2.05, 4.69) is 15.4 Å². The second kappa shape index (κ2) is 8.80. The number of fused-ring (bicyclic) bond motifs is 1. The molecule has 3 aromatic rings. The maximum Gasteiger partial charge on any atom is 0.259 e. The summed E-state index contributed by atoms with van der Waals surface area (Å²) in [4.78, 5) is 30.0. The number of H-pyrrole nitrogens is 1. The molecule has 29 heavy (non-hydrogen) atoms. The second-order valence-corrected chi connectivity index (χ2v) is 7.40. The summed E-state index contributed by atoms with van der Waals surface area (Å²) >= 11 is 0. The van der Waals surface area contributed by atoms with Crippen molar-refractivity contribution in [3.63, 3.8) is 0 Å². The van der Waals surface area contributed by atoms with E-state index in [9.17, 15) is 9.59 Å². The number of halogens is 1. The van der Waals surface area contributed by atoms with Crippen LogP contribution in [0.5, 0.6) is 0 Å². The SMILES string of the molecule is CC(c1ccccc1)N(C)C(=O)c1cnn2c(C3CCNCC3)cc(=O)[nH]c12.Cl. The van der Waals surface area contributed by atoms with E-state index < -0.39 is 0 Å². The van der Waals surface area contributed by atoms with Gasteiger partial charge in [0, 0.05) is 19.0 Å². The molecular weight excluding hydrogens is 390 g/mol. The number of carbonyl (C=O) groups excluding carboxylic acids is 1. The Hall–Kier alpha value is -2.64. The van der Waals surface area contributed by atoms with Gasteiger partial charge >= 0.3 is 0 Å². The Labute approximate surface area is 175 Å². The normalized spacial score (nSPS) is 15.7. The van der Waals surface area contributed by atoms with Gasteiger partial charge in [0.2, 0.25) is 0 Å². The molecule has 1 saturated heterocycles. The minimum atomic E-state index is -0.200. The first-order chi connectivity index (χ1) is 13.6. The van der Waals surface area contributed by atoms with Gasteiger partial charge in [-0.3, -0.25) is 9.59 Å². The molecule has 2 N–H and O–H groups in total. The van der Waals surface area contributed by atoms with Crippen molar-refractivity contribution in [3.8, 4) is 0 Å². The fraction of sp³-hybridized carbons (Fsp3) is 0.381. The topological polar surface area (TPSA) is 82.5 Å². The second-order valence-electron chi connectivity index (χ2n) is 7.40. The van der Waals surface area contributed by atoms with Crippen molar-refractivity contribution in [3.05, 3.63) is 69.8 Å². The highest BCUT2D eigenvalue weighted by molar-refractivity contribution is 5.99. The molecule has 1 aromatic carbocycles. The molecule has 1 fully saturated rings. The Morgan fingerprint density at radius 2 is 1.93 bits per heavy atom. The maximum absolute atomic E-state index is 13.2. The first-order valence-corrected chi connectivity index (χ1v) is 9.70. The molecule has 154 valence electrons. The van der Waals surface area contributed by atoms with Crippen molar-refractivity contribution in [2.24, 2.45) is 0 Å². The van der Waals surface area contributed by atoms with Crippen molar-refractivity contribution in [1.82, 2.24) is 24.8 Å². The Morgan fingerprint density at radius 1 is 1.24 bits per heavy atom. The molecule has 2 aromatic heterocycles. The van der Waals surface area contributed by atoms with Gasteiger partial charge in [0.15, 0.2) is 0 Å². The molecule has 1 aliphatic rings. The molecule has 1 aliphatic heterocycles. The molecule has 1 amide bonds. The Bertz CT molecular complexity index is 1040. The molecule has 0 aliphatic carbocycles. The number of piperidine rings is 1. The van der Waals surface area contributed by atoms with Crippen molar-refractivity contribution in [2.45, 2.75) is 31.7 Å². The van der Waals surface area contributed by atoms with E-state index in [0.29, 0.717) is 11.2 Å². The van der Waals surface area contributed by atoms with Crippen molar-refractivity contribution in [1.29, 1.82) is 0 Å². The standard InChI is InChI=1S/C21H25N5O2.ClH/c1-14(15-6-4-3-5-7-15)25(2)21(28)17-13-23-26-18(12-19(27)24-20(17)26)16-8-10-22-11-9-16;/h3-7,12-14,16,22H,8-11H2,1-2H3,(H,24,27);1H. The van der Waals surface area contributed by atoms with Gasteiger partial charge in [-0.05, 0) is 38.4 Å². The molecule has 1 unspecified atom stereocenters. The highest BCUT2D eigenvalue weighted by Crippen LogP contribution is 2.26. The summed E-state index contributed by atoms with van der Waals surface area (Å²) < 4.78 is 1.73. The third kappa shape index (κ3) is 4.06. The van der Waals surface area contributed by atoms with Crippen molar-refractivity contribution in [2.75, 3.05) is 20.1 Å². The van der Waals surface area contributed by atoms with Crippen LogP contribution >= 0.6 is 12.4 Å². The average Bonchev–Trinajstić information content (AvgIpc) is 3.16. The number of rotatable bonds is 4. The van der Waals surface area contributed by atoms with Crippen LogP contribution in [0.15, 0.2) is 47.4 Å². The van der Waals surface area contributed by atoms with Crippen LogP contribution in [-0.4, -0.2) is 45.5 Å². The monoisotopic (exact) mass is 415 g/mol. The molecule has 0 saturated carbocycles. The number of benzene rings is 1. The summed E-state index contributed by atoms with van der Waals surface area (Å²) in [5, 5.41) is 7.79. The summed E-state index contributed by atoms with van der Waals surface area (Å²) in [6.07, 6.45) is 3.46. The van der Waals surface area contributed by atoms with Crippen LogP contribution in [0.1, 0.15) is 53.3 Å². The lowest BCUT2D eigenvalue weighted by molar-refractivity contribution is 0.0744. The zero-order chi connectivity index (χ0) is 19.7. The van der Waals surface area contributed by atoms with E-state index in [1.807, 2.05) is 37.3 Å². The van der Waals surface area contributed by atoms with Crippen molar-refractivity contribution < 1.29 is 4.79 Å². The van der Waals surface area contributed by atoms with Crippen molar-refractivity contribution >= 4 is 24.0 Å². The van der Waals surface area contributed by atoms with E-state index in [1.54, 1.807) is 28.7 Å². The maximum atomic E-state index is 13.2. The van der Waals surface area contributed by atoms with E-state index in [-0.39, 0.29) is 35.8 Å². The Balaban J connectivity index is 0.00000240. The van der Waals surface area contributed by atoms with Gasteiger partial charge in [-0.2, -0.15) is 5.10 Å². The summed E-state index contributed by atoms with van der Waals surface area (Å²) in [6.45, 7) is 3.83. The minimum Gasteiger partial charge on any atom is -0.335 e. The van der Waals surface area contributed by atoms with Gasteiger partial charge in [-0.15, -0.1) is 12.4 Å². The highest BCUT2D eigenvalue weighted by Gasteiger charge is 2.25. The molecule has 8 heteroatoms. The zero-order valence-electron chi connectivity index (χ0n) is 16.6. The van der Waals surface area contributed by atoms with Crippen LogP contribution < -0.4 is 10.9 Å². The molecule has 4 rings (SSSR count). The van der Waals surface area contributed by atoms with E-state index in [1.165, 1.54) is 0 Å². The molecule has 0 bridgehead atoms. The van der Waals surface area contributed by atoms with Crippen LogP contribution in [0.3, 0.4) is 0 Å². The number of nitrogens with one attached hydrogen (secondary N) is 2. The fourth-order valence-electron chi connectivity index (χ4n) is 3.90. The average molecular weight is 416 g/mol. The lowest BCUT2D eigenvalue weighted by atomic mass is 9.94. The molecular formula is C21H26ClN5O2. The van der Waals surface area contributed by atoms with Gasteiger partial charge in [-0.25, -0.2) is 4.52 Å². The summed E-state index contributed by atoms with van der Waals surface area (Å²) in [7, 11) is 1.78.